The molecular weight excluding hydrogens is 254 g/mol. The highest BCUT2D eigenvalue weighted by atomic mass is 16.6. The molecule has 19 heavy (non-hydrogen) atoms. The molecule has 1 rings (SSSR count). The van der Waals surface area contributed by atoms with Crippen LogP contribution < -0.4 is 0 Å². The predicted molar refractivity (Wildman–Crippen MR) is 64.7 cm³/mol. The molecule has 108 valence electrons. The zero-order valence-electron chi connectivity index (χ0n) is 11.4. The number of carboxylic acids is 2. The quantitative estimate of drug-likeness (QED) is 0.778. The minimum atomic E-state index is -1.22. The lowest BCUT2D eigenvalue weighted by molar-refractivity contribution is -0.152. The molecule has 0 unspecified atom stereocenters. The summed E-state index contributed by atoms with van der Waals surface area (Å²) >= 11 is 0. The number of ether oxygens (including phenoxy) is 1. The van der Waals surface area contributed by atoms with E-state index in [2.05, 4.69) is 0 Å². The fourth-order valence-electron chi connectivity index (χ4n) is 2.19. The van der Waals surface area contributed by atoms with Crippen molar-refractivity contribution in [2.75, 3.05) is 6.54 Å². The highest BCUT2D eigenvalue weighted by Crippen LogP contribution is 2.31. The van der Waals surface area contributed by atoms with Crippen molar-refractivity contribution in [3.05, 3.63) is 0 Å². The predicted octanol–water partition coefficient (Wildman–Crippen LogP) is 1.03. The largest absolute Gasteiger partial charge is 0.481 e. The molecule has 0 aliphatic carbocycles. The van der Waals surface area contributed by atoms with Gasteiger partial charge in [-0.05, 0) is 27.7 Å². The summed E-state index contributed by atoms with van der Waals surface area (Å²) in [7, 11) is 0. The van der Waals surface area contributed by atoms with Gasteiger partial charge in [0, 0.05) is 12.6 Å². The molecule has 1 heterocycles. The van der Waals surface area contributed by atoms with E-state index in [9.17, 15) is 14.4 Å². The van der Waals surface area contributed by atoms with Gasteiger partial charge in [-0.2, -0.15) is 0 Å². The van der Waals surface area contributed by atoms with Crippen LogP contribution in [0.1, 0.15) is 27.7 Å². The van der Waals surface area contributed by atoms with E-state index >= 15 is 0 Å². The summed E-state index contributed by atoms with van der Waals surface area (Å²) in [6, 6.07) is -0.714. The minimum Gasteiger partial charge on any atom is -0.481 e. The standard InChI is InChI=1S/C12H19NO6/c1-6-8(10(16)17)7(9(14)15)5-13(6)11(18)19-12(2,3)4/h6-8H,5H2,1-4H3,(H,14,15)(H,16,17)/t6-,7-,8+/m1/s1. The number of nitrogens with zero attached hydrogens (tertiary/aromatic N) is 1. The zero-order chi connectivity index (χ0) is 15.0. The molecule has 0 radical (unpaired) electrons. The fourth-order valence-corrected chi connectivity index (χ4v) is 2.19. The van der Waals surface area contributed by atoms with Crippen molar-refractivity contribution in [1.82, 2.24) is 4.90 Å². The number of carbonyl (C=O) groups is 3. The van der Waals surface area contributed by atoms with Gasteiger partial charge in [-0.3, -0.25) is 9.59 Å². The molecule has 3 atom stereocenters. The van der Waals surface area contributed by atoms with E-state index < -0.39 is 41.5 Å². The second-order valence-electron chi connectivity index (χ2n) is 5.68. The van der Waals surface area contributed by atoms with Crippen LogP contribution in [0.15, 0.2) is 0 Å². The number of hydrogen-bond donors (Lipinski definition) is 2. The van der Waals surface area contributed by atoms with Gasteiger partial charge in [0.1, 0.15) is 5.60 Å². The van der Waals surface area contributed by atoms with Gasteiger partial charge in [-0.15, -0.1) is 0 Å². The topological polar surface area (TPSA) is 104 Å². The zero-order valence-corrected chi connectivity index (χ0v) is 11.4. The van der Waals surface area contributed by atoms with Crippen LogP contribution in [0.3, 0.4) is 0 Å². The third-order valence-electron chi connectivity index (χ3n) is 3.07. The summed E-state index contributed by atoms with van der Waals surface area (Å²) in [5.74, 6) is -4.67. The molecule has 1 amide bonds. The summed E-state index contributed by atoms with van der Waals surface area (Å²) in [6.07, 6.45) is -0.685. The highest BCUT2D eigenvalue weighted by molar-refractivity contribution is 5.83. The number of aliphatic carboxylic acids is 2. The molecule has 1 saturated heterocycles. The Morgan fingerprint density at radius 3 is 2.00 bits per heavy atom. The first-order valence-electron chi connectivity index (χ1n) is 6.00. The lowest BCUT2D eigenvalue weighted by atomic mass is 9.91. The van der Waals surface area contributed by atoms with Gasteiger partial charge in [-0.1, -0.05) is 0 Å². The van der Waals surface area contributed by atoms with Crippen LogP contribution in [0, 0.1) is 11.8 Å². The molecule has 0 spiro atoms. The first-order valence-corrected chi connectivity index (χ1v) is 6.00. The molecule has 1 aliphatic rings. The van der Waals surface area contributed by atoms with E-state index in [1.807, 2.05) is 0 Å². The van der Waals surface area contributed by atoms with Crippen LogP contribution in [0.2, 0.25) is 0 Å². The number of carboxylic acid groups (broad SMARTS) is 2. The lowest BCUT2D eigenvalue weighted by Crippen LogP contribution is -2.41. The second-order valence-corrected chi connectivity index (χ2v) is 5.68. The third kappa shape index (κ3) is 3.36. The fraction of sp³-hybridized carbons (Fsp3) is 0.750. The Balaban J connectivity index is 2.91. The van der Waals surface area contributed by atoms with Gasteiger partial charge in [0.15, 0.2) is 0 Å². The molecule has 1 fully saturated rings. The van der Waals surface area contributed by atoms with Crippen LogP contribution in [-0.2, 0) is 14.3 Å². The summed E-state index contributed by atoms with van der Waals surface area (Å²) in [5.41, 5.74) is -0.711. The molecule has 0 saturated carbocycles. The maximum atomic E-state index is 11.9. The van der Waals surface area contributed by atoms with Crippen molar-refractivity contribution >= 4 is 18.0 Å². The summed E-state index contributed by atoms with van der Waals surface area (Å²) < 4.78 is 5.15. The van der Waals surface area contributed by atoms with E-state index in [1.165, 1.54) is 11.8 Å². The summed E-state index contributed by atoms with van der Waals surface area (Å²) in [6.45, 7) is 6.44. The molecule has 0 bridgehead atoms. The van der Waals surface area contributed by atoms with Crippen molar-refractivity contribution in [3.63, 3.8) is 0 Å². The van der Waals surface area contributed by atoms with E-state index in [-0.39, 0.29) is 6.54 Å². The lowest BCUT2D eigenvalue weighted by Gasteiger charge is -2.27. The van der Waals surface area contributed by atoms with Crippen molar-refractivity contribution in [2.24, 2.45) is 11.8 Å². The normalized spacial score (nSPS) is 27.2. The SMILES string of the molecule is C[C@@H]1[C@H](C(=O)O)[C@H](C(=O)O)CN1C(=O)OC(C)(C)C. The van der Waals surface area contributed by atoms with Gasteiger partial charge >= 0.3 is 18.0 Å². The highest BCUT2D eigenvalue weighted by Gasteiger charge is 2.49. The maximum Gasteiger partial charge on any atom is 0.410 e. The Bertz CT molecular complexity index is 400. The molecule has 2 N–H and O–H groups in total. The molecular formula is C12H19NO6. The van der Waals surface area contributed by atoms with Crippen LogP contribution in [-0.4, -0.2) is 51.3 Å². The van der Waals surface area contributed by atoms with Gasteiger partial charge < -0.3 is 19.8 Å². The Kier molecular flexibility index (Phi) is 4.07. The molecule has 0 aromatic rings. The van der Waals surface area contributed by atoms with E-state index in [1.54, 1.807) is 20.8 Å². The Hall–Kier alpha value is -1.79. The third-order valence-corrected chi connectivity index (χ3v) is 3.07. The van der Waals surface area contributed by atoms with Crippen molar-refractivity contribution in [1.29, 1.82) is 0 Å². The molecule has 0 aromatic carbocycles. The van der Waals surface area contributed by atoms with E-state index in [0.29, 0.717) is 0 Å². The molecule has 7 heteroatoms. The van der Waals surface area contributed by atoms with E-state index in [4.69, 9.17) is 14.9 Å². The first kappa shape index (κ1) is 15.3. The van der Waals surface area contributed by atoms with Gasteiger partial charge in [0.05, 0.1) is 11.8 Å². The number of likely N-dealkylation sites (tertiary alicyclic amines) is 1. The van der Waals surface area contributed by atoms with Crippen molar-refractivity contribution in [2.45, 2.75) is 39.3 Å². The average molecular weight is 273 g/mol. The molecule has 7 nitrogen and oxygen atoms in total. The van der Waals surface area contributed by atoms with Gasteiger partial charge in [0.25, 0.3) is 0 Å². The minimum absolute atomic E-state index is 0.150. The maximum absolute atomic E-state index is 11.9. The van der Waals surface area contributed by atoms with Crippen molar-refractivity contribution in [3.8, 4) is 0 Å². The van der Waals surface area contributed by atoms with Gasteiger partial charge in [0.2, 0.25) is 0 Å². The number of rotatable bonds is 2. The van der Waals surface area contributed by atoms with Crippen LogP contribution in [0.25, 0.3) is 0 Å². The number of amides is 1. The van der Waals surface area contributed by atoms with Crippen LogP contribution >= 0.6 is 0 Å². The summed E-state index contributed by atoms with van der Waals surface area (Å²) in [5, 5.41) is 18.1. The van der Waals surface area contributed by atoms with Crippen LogP contribution in [0.5, 0.6) is 0 Å². The Morgan fingerprint density at radius 2 is 1.68 bits per heavy atom. The monoisotopic (exact) mass is 273 g/mol. The first-order chi connectivity index (χ1) is 8.54. The molecule has 1 aliphatic heterocycles. The Labute approximate surface area is 111 Å². The number of carbonyl (C=O) groups excluding carboxylic acids is 1. The number of hydrogen-bond acceptors (Lipinski definition) is 4. The average Bonchev–Trinajstić information content (AvgIpc) is 2.53. The Morgan fingerprint density at radius 1 is 1.16 bits per heavy atom. The van der Waals surface area contributed by atoms with Crippen molar-refractivity contribution < 1.29 is 29.3 Å². The summed E-state index contributed by atoms with van der Waals surface area (Å²) in [4.78, 5) is 35.3. The van der Waals surface area contributed by atoms with Crippen LogP contribution in [0.4, 0.5) is 4.79 Å². The molecule has 0 aromatic heterocycles. The van der Waals surface area contributed by atoms with Gasteiger partial charge in [-0.25, -0.2) is 4.79 Å². The van der Waals surface area contributed by atoms with E-state index in [0.717, 1.165) is 0 Å². The second kappa shape index (κ2) is 5.07. The smallest absolute Gasteiger partial charge is 0.410 e.